The van der Waals surface area contributed by atoms with Crippen LogP contribution in [0.15, 0.2) is 29.4 Å². The number of hydrogen-bond donors (Lipinski definition) is 2. The second-order valence-corrected chi connectivity index (χ2v) is 11.9. The molecule has 18 nitrogen and oxygen atoms in total. The summed E-state index contributed by atoms with van der Waals surface area (Å²) in [6, 6.07) is 6.30. The Balaban J connectivity index is 1.55. The average molecular weight is 690 g/mol. The Morgan fingerprint density at radius 3 is 2.49 bits per heavy atom. The smallest absolute Gasteiger partial charge is 0.461 e. The average Bonchev–Trinajstić information content (AvgIpc) is 3.06. The van der Waals surface area contributed by atoms with Gasteiger partial charge >= 0.3 is 17.9 Å². The maximum atomic E-state index is 12.9. The summed E-state index contributed by atoms with van der Waals surface area (Å²) in [6.45, 7) is 8.59. The van der Waals surface area contributed by atoms with E-state index in [-0.39, 0.29) is 67.6 Å². The highest BCUT2D eigenvalue weighted by Gasteiger charge is 2.44. The number of benzene rings is 1. The largest absolute Gasteiger partial charge is 0.739 e. The lowest BCUT2D eigenvalue weighted by molar-refractivity contribution is -0.672. The van der Waals surface area contributed by atoms with Crippen LogP contribution in [-0.2, 0) is 33.3 Å². The van der Waals surface area contributed by atoms with Gasteiger partial charge < -0.3 is 34.7 Å². The standard InChI is InChI=1S/C31H47N9O9/c1-21-22(2)29(30(48-24(4)42)49-27(21)20-47-23(3)41)46-18-17-38(16-10-6-5-9-13-35-37-32)19-28(43)33-14-15-34-31-36-40(45)26-12-8-7-11-25(26)39(31)44/h7-8,11-12,21-22,27,29-30H,5-6,9-10,13-20H2,1-4H3,(H,33,43)(H,34,36)/t21-,22-,27?,29?,30?/m0/s1. The number of unbranched alkanes of at least 4 members (excludes halogenated alkanes) is 3. The van der Waals surface area contributed by atoms with Gasteiger partial charge in [-0.15, -0.1) is 0 Å². The number of aromatic nitrogens is 3. The molecule has 2 heterocycles. The Kier molecular flexibility index (Phi) is 16.0. The SMILES string of the molecule is CC(=O)OCC1OC(OC(C)=O)C(OCCN(CCCCCCN=[N+]=[N-])CC(=O)NCCNc2n[n+]([O-])c3ccccc3[n+]2[O-])[C@@H](C)[C@@H]1C. The van der Waals surface area contributed by atoms with E-state index < -0.39 is 30.4 Å². The molecule has 3 unspecified atom stereocenters. The third-order valence-electron chi connectivity index (χ3n) is 8.29. The summed E-state index contributed by atoms with van der Waals surface area (Å²) in [5.41, 5.74) is 8.77. The zero-order valence-electron chi connectivity index (χ0n) is 28.5. The first-order valence-electron chi connectivity index (χ1n) is 16.4. The molecule has 1 aliphatic rings. The van der Waals surface area contributed by atoms with Crippen LogP contribution in [0.2, 0.25) is 0 Å². The molecule has 0 aliphatic carbocycles. The Bertz CT molecular complexity index is 1440. The lowest BCUT2D eigenvalue weighted by Gasteiger charge is -2.43. The van der Waals surface area contributed by atoms with Crippen LogP contribution in [0.4, 0.5) is 5.95 Å². The number of hydrogen-bond acceptors (Lipinski definition) is 13. The van der Waals surface area contributed by atoms with Crippen LogP contribution in [0.5, 0.6) is 0 Å². The van der Waals surface area contributed by atoms with E-state index in [2.05, 4.69) is 25.8 Å². The number of amides is 1. The summed E-state index contributed by atoms with van der Waals surface area (Å²) in [5.74, 6) is -1.58. The molecule has 2 aromatic rings. The minimum Gasteiger partial charge on any atom is -0.739 e. The minimum absolute atomic E-state index is 0.0287. The molecule has 1 aliphatic heterocycles. The molecule has 18 heteroatoms. The number of para-hydroxylation sites is 2. The van der Waals surface area contributed by atoms with Gasteiger partial charge in [0, 0.05) is 49.3 Å². The Hall–Kier alpha value is -4.51. The van der Waals surface area contributed by atoms with E-state index in [1.54, 1.807) is 12.1 Å². The van der Waals surface area contributed by atoms with Crippen molar-refractivity contribution in [2.75, 3.05) is 57.8 Å². The molecule has 49 heavy (non-hydrogen) atoms. The monoisotopic (exact) mass is 689 g/mol. The molecular formula is C31H47N9O9. The molecule has 2 N–H and O–H groups in total. The highest BCUT2D eigenvalue weighted by Crippen LogP contribution is 2.33. The quantitative estimate of drug-likeness (QED) is 0.0385. The van der Waals surface area contributed by atoms with Gasteiger partial charge in [0.1, 0.15) is 12.7 Å². The first kappa shape index (κ1) is 38.9. The number of esters is 2. The molecule has 5 atom stereocenters. The van der Waals surface area contributed by atoms with Crippen LogP contribution >= 0.6 is 0 Å². The first-order valence-corrected chi connectivity index (χ1v) is 16.4. The number of nitrogens with one attached hydrogen (secondary N) is 2. The molecule has 3 rings (SSSR count). The van der Waals surface area contributed by atoms with Crippen LogP contribution in [0, 0.1) is 22.3 Å². The second kappa shape index (κ2) is 20.1. The van der Waals surface area contributed by atoms with Crippen molar-refractivity contribution in [3.63, 3.8) is 0 Å². The van der Waals surface area contributed by atoms with Crippen molar-refractivity contribution < 1.29 is 42.9 Å². The zero-order chi connectivity index (χ0) is 35.8. The van der Waals surface area contributed by atoms with E-state index >= 15 is 0 Å². The van der Waals surface area contributed by atoms with Crippen molar-refractivity contribution in [1.29, 1.82) is 0 Å². The fourth-order valence-corrected chi connectivity index (χ4v) is 5.48. The molecule has 270 valence electrons. The van der Waals surface area contributed by atoms with Gasteiger partial charge in [-0.05, 0) is 42.8 Å². The highest BCUT2D eigenvalue weighted by molar-refractivity contribution is 5.78. The van der Waals surface area contributed by atoms with Crippen molar-refractivity contribution >= 4 is 34.8 Å². The number of ether oxygens (including phenoxy) is 4. The van der Waals surface area contributed by atoms with Crippen molar-refractivity contribution in [2.24, 2.45) is 17.0 Å². The van der Waals surface area contributed by atoms with Crippen LogP contribution in [0.1, 0.15) is 53.4 Å². The van der Waals surface area contributed by atoms with E-state index in [9.17, 15) is 24.8 Å². The molecule has 0 saturated carbocycles. The summed E-state index contributed by atoms with van der Waals surface area (Å²) >= 11 is 0. The Morgan fingerprint density at radius 2 is 1.78 bits per heavy atom. The summed E-state index contributed by atoms with van der Waals surface area (Å²) in [7, 11) is 0. The van der Waals surface area contributed by atoms with E-state index in [4.69, 9.17) is 24.5 Å². The Labute approximate surface area is 284 Å². The fraction of sp³-hybridized carbons (Fsp3) is 0.677. The van der Waals surface area contributed by atoms with E-state index in [0.717, 1.165) is 25.7 Å². The summed E-state index contributed by atoms with van der Waals surface area (Å²) in [4.78, 5) is 41.3. The van der Waals surface area contributed by atoms with Crippen molar-refractivity contribution in [1.82, 2.24) is 15.3 Å². The maximum Gasteiger partial charge on any atom is 0.461 e. The highest BCUT2D eigenvalue weighted by atomic mass is 16.7. The predicted molar refractivity (Wildman–Crippen MR) is 175 cm³/mol. The van der Waals surface area contributed by atoms with Crippen LogP contribution in [0.3, 0.4) is 0 Å². The molecule has 1 fully saturated rings. The second-order valence-electron chi connectivity index (χ2n) is 11.9. The summed E-state index contributed by atoms with van der Waals surface area (Å²) < 4.78 is 23.4. The molecule has 0 radical (unpaired) electrons. The predicted octanol–water partition coefficient (Wildman–Crippen LogP) is 1.71. The normalized spacial score (nSPS) is 20.4. The minimum atomic E-state index is -0.995. The molecule has 0 spiro atoms. The molecule has 1 saturated heterocycles. The zero-order valence-corrected chi connectivity index (χ0v) is 28.5. The van der Waals surface area contributed by atoms with Gasteiger partial charge in [-0.25, -0.2) is 4.73 Å². The summed E-state index contributed by atoms with van der Waals surface area (Å²) in [5, 5.41) is 37.7. The fourth-order valence-electron chi connectivity index (χ4n) is 5.48. The number of fused-ring (bicyclic) bond motifs is 1. The molecule has 1 aromatic carbocycles. The molecule has 0 bridgehead atoms. The number of anilines is 1. The van der Waals surface area contributed by atoms with E-state index in [0.29, 0.717) is 29.2 Å². The molecular weight excluding hydrogens is 642 g/mol. The van der Waals surface area contributed by atoms with Gasteiger partial charge in [0.15, 0.2) is 5.52 Å². The number of azide groups is 1. The van der Waals surface area contributed by atoms with E-state index in [1.807, 2.05) is 18.7 Å². The third-order valence-corrected chi connectivity index (χ3v) is 8.29. The molecule has 1 aromatic heterocycles. The van der Waals surface area contributed by atoms with Crippen molar-refractivity contribution in [2.45, 2.75) is 71.9 Å². The van der Waals surface area contributed by atoms with Gasteiger partial charge in [-0.1, -0.05) is 43.9 Å². The topological polar surface area (TPSA) is 231 Å². The summed E-state index contributed by atoms with van der Waals surface area (Å²) in [6.07, 6.45) is 1.26. The first-order chi connectivity index (χ1) is 23.5. The molecule has 1 amide bonds. The maximum absolute atomic E-state index is 12.9. The number of rotatable bonds is 20. The van der Waals surface area contributed by atoms with Gasteiger partial charge in [0.05, 0.1) is 25.8 Å². The van der Waals surface area contributed by atoms with Gasteiger partial charge in [0.2, 0.25) is 17.3 Å². The number of carbonyl (C=O) groups is 3. The lowest BCUT2D eigenvalue weighted by Crippen LogP contribution is -2.53. The van der Waals surface area contributed by atoms with Crippen LogP contribution < -0.4 is 20.2 Å². The van der Waals surface area contributed by atoms with Gasteiger partial charge in [-0.3, -0.25) is 24.6 Å². The Morgan fingerprint density at radius 1 is 1.04 bits per heavy atom. The van der Waals surface area contributed by atoms with Crippen molar-refractivity contribution in [3.05, 3.63) is 45.1 Å². The van der Waals surface area contributed by atoms with Crippen LogP contribution in [-0.4, -0.2) is 98.8 Å². The van der Waals surface area contributed by atoms with Crippen molar-refractivity contribution in [3.8, 4) is 0 Å². The number of nitrogens with zero attached hydrogens (tertiary/aromatic N) is 7. The van der Waals surface area contributed by atoms with Gasteiger partial charge in [-0.2, -0.15) is 0 Å². The number of carbonyl (C=O) groups excluding carboxylic acids is 3. The van der Waals surface area contributed by atoms with Crippen LogP contribution in [0.25, 0.3) is 21.5 Å². The lowest BCUT2D eigenvalue weighted by atomic mass is 9.83. The van der Waals surface area contributed by atoms with E-state index in [1.165, 1.54) is 26.0 Å². The third kappa shape index (κ3) is 12.5. The van der Waals surface area contributed by atoms with Gasteiger partial charge in [0.25, 0.3) is 5.52 Å².